The van der Waals surface area contributed by atoms with Crippen molar-refractivity contribution in [2.45, 2.75) is 16.8 Å². The van der Waals surface area contributed by atoms with Crippen LogP contribution in [-0.4, -0.2) is 16.2 Å². The van der Waals surface area contributed by atoms with Crippen molar-refractivity contribution >= 4 is 23.4 Å². The average molecular weight is 318 g/mol. The van der Waals surface area contributed by atoms with Crippen LogP contribution in [0.3, 0.4) is 0 Å². The highest BCUT2D eigenvalue weighted by atomic mass is 32.2. The second kappa shape index (κ2) is 5.68. The Morgan fingerprint density at radius 2 is 2.10 bits per heavy atom. The fourth-order valence-corrected chi connectivity index (χ4v) is 2.31. The van der Waals surface area contributed by atoms with Gasteiger partial charge in [0, 0.05) is 16.6 Å². The number of rotatable bonds is 4. The largest absolute Gasteiger partial charge is 0.476 e. The molecule has 0 unspecified atom stereocenters. The van der Waals surface area contributed by atoms with Gasteiger partial charge in [0.25, 0.3) is 0 Å². The molecule has 0 aliphatic carbocycles. The van der Waals surface area contributed by atoms with Crippen LogP contribution < -0.4 is 5.73 Å². The van der Waals surface area contributed by atoms with Gasteiger partial charge >= 0.3 is 12.1 Å². The van der Waals surface area contributed by atoms with Crippen molar-refractivity contribution in [1.82, 2.24) is 5.16 Å². The summed E-state index contributed by atoms with van der Waals surface area (Å²) in [5.74, 6) is -0.726. The van der Waals surface area contributed by atoms with Gasteiger partial charge in [-0.05, 0) is 18.2 Å². The molecule has 0 saturated heterocycles. The zero-order valence-corrected chi connectivity index (χ0v) is 11.2. The molecule has 5 nitrogen and oxygen atoms in total. The number of anilines is 1. The van der Waals surface area contributed by atoms with Crippen molar-refractivity contribution in [2.24, 2.45) is 0 Å². The zero-order chi connectivity index (χ0) is 15.6. The van der Waals surface area contributed by atoms with Crippen molar-refractivity contribution in [3.8, 4) is 0 Å². The number of thioether (sulfide) groups is 1. The molecule has 112 valence electrons. The summed E-state index contributed by atoms with van der Waals surface area (Å²) in [6.45, 7) is 0. The lowest BCUT2D eigenvalue weighted by molar-refractivity contribution is -0.137. The molecule has 3 N–H and O–H groups in total. The molecule has 1 heterocycles. The Bertz CT molecular complexity index is 670. The molecule has 21 heavy (non-hydrogen) atoms. The van der Waals surface area contributed by atoms with Crippen LogP contribution in [0.2, 0.25) is 0 Å². The molecule has 0 bridgehead atoms. The van der Waals surface area contributed by atoms with E-state index in [0.717, 1.165) is 23.9 Å². The molecule has 9 heteroatoms. The summed E-state index contributed by atoms with van der Waals surface area (Å²) >= 11 is 1.13. The number of carbonyl (C=O) groups is 1. The number of carboxylic acids is 1. The molecule has 1 aromatic carbocycles. The number of halogens is 3. The van der Waals surface area contributed by atoms with E-state index in [9.17, 15) is 18.0 Å². The van der Waals surface area contributed by atoms with Gasteiger partial charge in [-0.25, -0.2) is 4.79 Å². The number of alkyl halides is 3. The monoisotopic (exact) mass is 318 g/mol. The second-order valence-electron chi connectivity index (χ2n) is 4.02. The van der Waals surface area contributed by atoms with E-state index in [2.05, 4.69) is 5.16 Å². The predicted molar refractivity (Wildman–Crippen MR) is 68.9 cm³/mol. The number of nitrogens with zero attached hydrogens (tertiary/aromatic N) is 1. The third kappa shape index (κ3) is 3.69. The molecule has 0 atom stereocenters. The SMILES string of the molecule is Nc1cc(C(F)(F)F)ccc1SCc1cc(C(=O)O)no1. The topological polar surface area (TPSA) is 89.4 Å². The molecule has 1 aromatic heterocycles. The minimum atomic E-state index is -4.45. The van der Waals surface area contributed by atoms with E-state index in [1.54, 1.807) is 0 Å². The Hall–Kier alpha value is -2.16. The fraction of sp³-hybridized carbons (Fsp3) is 0.167. The molecule has 2 rings (SSSR count). The van der Waals surface area contributed by atoms with E-state index in [1.807, 2.05) is 0 Å². The van der Waals surface area contributed by atoms with Crippen LogP contribution in [0.4, 0.5) is 18.9 Å². The number of carboxylic acid groups (broad SMARTS) is 1. The summed E-state index contributed by atoms with van der Waals surface area (Å²) in [7, 11) is 0. The first kappa shape index (κ1) is 15.2. The Morgan fingerprint density at radius 3 is 2.62 bits per heavy atom. The maximum Gasteiger partial charge on any atom is 0.416 e. The van der Waals surface area contributed by atoms with E-state index < -0.39 is 17.7 Å². The summed E-state index contributed by atoms with van der Waals surface area (Å²) in [5, 5.41) is 12.0. The van der Waals surface area contributed by atoms with Crippen molar-refractivity contribution in [3.05, 3.63) is 41.3 Å². The summed E-state index contributed by atoms with van der Waals surface area (Å²) in [6, 6.07) is 4.29. The second-order valence-corrected chi connectivity index (χ2v) is 5.04. The Balaban J connectivity index is 2.08. The third-order valence-electron chi connectivity index (χ3n) is 2.49. The van der Waals surface area contributed by atoms with Crippen molar-refractivity contribution in [3.63, 3.8) is 0 Å². The minimum absolute atomic E-state index is 0.00667. The smallest absolute Gasteiger partial charge is 0.416 e. The summed E-state index contributed by atoms with van der Waals surface area (Å²) in [5.41, 5.74) is 4.52. The van der Waals surface area contributed by atoms with Gasteiger partial charge in [-0.1, -0.05) is 5.16 Å². The standard InChI is InChI=1S/C12H9F3N2O3S/c13-12(14,15)6-1-2-10(8(16)3-6)21-5-7-4-9(11(18)19)17-20-7/h1-4H,5,16H2,(H,18,19). The first-order valence-corrected chi connectivity index (χ1v) is 6.54. The van der Waals surface area contributed by atoms with Gasteiger partial charge in [0.15, 0.2) is 5.69 Å². The van der Waals surface area contributed by atoms with Crippen LogP contribution in [0.5, 0.6) is 0 Å². The zero-order valence-electron chi connectivity index (χ0n) is 10.3. The molecular formula is C12H9F3N2O3S. The number of hydrogen-bond acceptors (Lipinski definition) is 5. The van der Waals surface area contributed by atoms with Crippen LogP contribution in [0.15, 0.2) is 33.7 Å². The molecule has 0 radical (unpaired) electrons. The van der Waals surface area contributed by atoms with Gasteiger partial charge in [-0.15, -0.1) is 11.8 Å². The number of benzene rings is 1. The van der Waals surface area contributed by atoms with Crippen LogP contribution in [-0.2, 0) is 11.9 Å². The van der Waals surface area contributed by atoms with Gasteiger partial charge < -0.3 is 15.4 Å². The van der Waals surface area contributed by atoms with Crippen LogP contribution in [0.25, 0.3) is 0 Å². The summed E-state index contributed by atoms with van der Waals surface area (Å²) in [4.78, 5) is 11.1. The lowest BCUT2D eigenvalue weighted by Gasteiger charge is -2.09. The van der Waals surface area contributed by atoms with Gasteiger partial charge in [0.05, 0.1) is 11.3 Å². The minimum Gasteiger partial charge on any atom is -0.476 e. The number of aromatic nitrogens is 1. The molecular weight excluding hydrogens is 309 g/mol. The van der Waals surface area contributed by atoms with E-state index in [1.165, 1.54) is 12.1 Å². The first-order chi connectivity index (χ1) is 9.77. The van der Waals surface area contributed by atoms with E-state index in [-0.39, 0.29) is 22.9 Å². The number of hydrogen-bond donors (Lipinski definition) is 2. The lowest BCUT2D eigenvalue weighted by atomic mass is 10.2. The Labute approximate surface area is 120 Å². The van der Waals surface area contributed by atoms with Crippen LogP contribution in [0.1, 0.15) is 21.8 Å². The summed E-state index contributed by atoms with van der Waals surface area (Å²) in [6.07, 6.45) is -4.45. The van der Waals surface area contributed by atoms with Crippen molar-refractivity contribution in [2.75, 3.05) is 5.73 Å². The van der Waals surface area contributed by atoms with E-state index in [4.69, 9.17) is 15.4 Å². The summed E-state index contributed by atoms with van der Waals surface area (Å²) < 4.78 is 42.3. The van der Waals surface area contributed by atoms with Crippen LogP contribution >= 0.6 is 11.8 Å². The quantitative estimate of drug-likeness (QED) is 0.664. The molecule has 0 aliphatic heterocycles. The van der Waals surface area contributed by atoms with Gasteiger partial charge in [0.1, 0.15) is 5.76 Å². The molecule has 0 fully saturated rings. The first-order valence-electron chi connectivity index (χ1n) is 5.56. The highest BCUT2D eigenvalue weighted by Crippen LogP contribution is 2.35. The Kier molecular flexibility index (Phi) is 4.12. The van der Waals surface area contributed by atoms with E-state index >= 15 is 0 Å². The number of aromatic carboxylic acids is 1. The molecule has 2 aromatic rings. The fourth-order valence-electron chi connectivity index (χ4n) is 1.49. The normalized spacial score (nSPS) is 11.6. The maximum absolute atomic E-state index is 12.5. The predicted octanol–water partition coefficient (Wildman–Crippen LogP) is 3.27. The lowest BCUT2D eigenvalue weighted by Crippen LogP contribution is -2.05. The Morgan fingerprint density at radius 1 is 1.38 bits per heavy atom. The highest BCUT2D eigenvalue weighted by Gasteiger charge is 2.30. The maximum atomic E-state index is 12.5. The van der Waals surface area contributed by atoms with Gasteiger partial charge in [-0.3, -0.25) is 0 Å². The molecule has 0 spiro atoms. The number of nitrogen functional groups attached to an aromatic ring is 1. The van der Waals surface area contributed by atoms with Gasteiger partial charge in [-0.2, -0.15) is 13.2 Å². The molecule has 0 saturated carbocycles. The number of nitrogens with two attached hydrogens (primary N) is 1. The highest BCUT2D eigenvalue weighted by molar-refractivity contribution is 7.98. The third-order valence-corrected chi connectivity index (χ3v) is 3.60. The average Bonchev–Trinajstić information content (AvgIpc) is 2.85. The van der Waals surface area contributed by atoms with Crippen LogP contribution in [0, 0.1) is 0 Å². The molecule has 0 amide bonds. The van der Waals surface area contributed by atoms with E-state index in [0.29, 0.717) is 4.90 Å². The van der Waals surface area contributed by atoms with Crippen molar-refractivity contribution < 1.29 is 27.6 Å². The molecule has 0 aliphatic rings. The van der Waals surface area contributed by atoms with Gasteiger partial charge in [0.2, 0.25) is 0 Å². The van der Waals surface area contributed by atoms with Crippen molar-refractivity contribution in [1.29, 1.82) is 0 Å².